The summed E-state index contributed by atoms with van der Waals surface area (Å²) in [4.78, 5) is 32.0. The number of nitrogens with zero attached hydrogens (tertiary/aromatic N) is 2. The summed E-state index contributed by atoms with van der Waals surface area (Å²) in [5.74, 6) is 0.593. The summed E-state index contributed by atoms with van der Waals surface area (Å²) in [7, 11) is 0. The quantitative estimate of drug-likeness (QED) is 0.829. The molecule has 2 atom stereocenters. The molecule has 5 heteroatoms. The van der Waals surface area contributed by atoms with Crippen LogP contribution in [-0.4, -0.2) is 47.3 Å². The van der Waals surface area contributed by atoms with Crippen molar-refractivity contribution >= 4 is 23.2 Å². The molecule has 3 aliphatic rings. The predicted octanol–water partition coefficient (Wildman–Crippen LogP) is 3.69. The van der Waals surface area contributed by atoms with Crippen molar-refractivity contribution in [2.45, 2.75) is 32.2 Å². The summed E-state index contributed by atoms with van der Waals surface area (Å²) in [6, 6.07) is 13.6. The van der Waals surface area contributed by atoms with Gasteiger partial charge < -0.3 is 9.80 Å². The zero-order chi connectivity index (χ0) is 18.1. The highest BCUT2D eigenvalue weighted by Crippen LogP contribution is 2.31. The van der Waals surface area contributed by atoms with E-state index >= 15 is 0 Å². The normalized spacial score (nSPS) is 22.3. The molecule has 2 amide bonds. The van der Waals surface area contributed by atoms with Crippen LogP contribution in [0.5, 0.6) is 0 Å². The highest BCUT2D eigenvalue weighted by molar-refractivity contribution is 7.14. The fourth-order valence-corrected chi connectivity index (χ4v) is 4.99. The number of rotatable bonds is 3. The third kappa shape index (κ3) is 3.28. The van der Waals surface area contributed by atoms with Gasteiger partial charge in [-0.15, -0.1) is 11.3 Å². The second-order valence-electron chi connectivity index (χ2n) is 7.25. The number of carbonyl (C=O) groups excluding carboxylic acids is 2. The lowest BCUT2D eigenvalue weighted by molar-refractivity contribution is 0.0579. The molecular weight excluding hydrogens is 344 g/mol. The van der Waals surface area contributed by atoms with Gasteiger partial charge in [-0.3, -0.25) is 9.59 Å². The molecular formula is C21H24N2O2S. The van der Waals surface area contributed by atoms with Gasteiger partial charge in [0.05, 0.1) is 4.88 Å². The number of fused-ring (bicyclic) bond motifs is 4. The van der Waals surface area contributed by atoms with Crippen molar-refractivity contribution in [2.24, 2.45) is 5.92 Å². The molecule has 0 unspecified atom stereocenters. The first-order chi connectivity index (χ1) is 12.7. The van der Waals surface area contributed by atoms with E-state index in [-0.39, 0.29) is 17.9 Å². The van der Waals surface area contributed by atoms with Crippen LogP contribution in [0.2, 0.25) is 0 Å². The van der Waals surface area contributed by atoms with Crippen LogP contribution in [0.4, 0.5) is 0 Å². The molecule has 0 radical (unpaired) electrons. The minimum Gasteiger partial charge on any atom is -0.336 e. The van der Waals surface area contributed by atoms with Crippen molar-refractivity contribution in [2.75, 3.05) is 19.6 Å². The van der Waals surface area contributed by atoms with Crippen LogP contribution in [0.3, 0.4) is 0 Å². The fraction of sp³-hybridized carbons (Fsp3) is 0.429. The van der Waals surface area contributed by atoms with Crippen molar-refractivity contribution in [3.05, 3.63) is 57.8 Å². The molecule has 26 heavy (non-hydrogen) atoms. The van der Waals surface area contributed by atoms with E-state index in [0.717, 1.165) is 42.8 Å². The van der Waals surface area contributed by atoms with E-state index < -0.39 is 0 Å². The summed E-state index contributed by atoms with van der Waals surface area (Å²) in [5.41, 5.74) is 0.734. The van der Waals surface area contributed by atoms with E-state index in [4.69, 9.17) is 0 Å². The van der Waals surface area contributed by atoms with E-state index in [0.29, 0.717) is 12.5 Å². The van der Waals surface area contributed by atoms with Gasteiger partial charge in [0.15, 0.2) is 0 Å². The molecule has 1 aromatic heterocycles. The first-order valence-corrected chi connectivity index (χ1v) is 10.2. The summed E-state index contributed by atoms with van der Waals surface area (Å²) in [5, 5.41) is 0. The summed E-state index contributed by atoms with van der Waals surface area (Å²) in [6.07, 6.45) is 3.04. The third-order valence-corrected chi connectivity index (χ3v) is 6.72. The molecule has 0 aliphatic carbocycles. The second-order valence-corrected chi connectivity index (χ2v) is 8.42. The van der Waals surface area contributed by atoms with Gasteiger partial charge in [-0.2, -0.15) is 0 Å². The SMILES string of the molecule is CCc1ccc(C(=O)N2C[C@H]3CC[C@@H]2CN(C(=O)c2ccccc2)C3)s1. The maximum atomic E-state index is 13.1. The largest absolute Gasteiger partial charge is 0.336 e. The number of hydrogen-bond donors (Lipinski definition) is 0. The number of carbonyl (C=O) groups is 2. The van der Waals surface area contributed by atoms with Gasteiger partial charge in [0.1, 0.15) is 0 Å². The van der Waals surface area contributed by atoms with E-state index in [1.165, 1.54) is 4.88 Å². The molecule has 0 saturated carbocycles. The van der Waals surface area contributed by atoms with E-state index in [2.05, 4.69) is 13.0 Å². The Morgan fingerprint density at radius 2 is 1.81 bits per heavy atom. The number of aryl methyl sites for hydroxylation is 1. The highest BCUT2D eigenvalue weighted by Gasteiger charge is 2.39. The zero-order valence-corrected chi connectivity index (χ0v) is 15.9. The smallest absolute Gasteiger partial charge is 0.264 e. The van der Waals surface area contributed by atoms with Crippen molar-refractivity contribution in [1.82, 2.24) is 9.80 Å². The lowest BCUT2D eigenvalue weighted by atomic mass is 9.95. The van der Waals surface area contributed by atoms with Crippen LogP contribution in [-0.2, 0) is 6.42 Å². The van der Waals surface area contributed by atoms with Gasteiger partial charge in [-0.05, 0) is 49.4 Å². The van der Waals surface area contributed by atoms with Gasteiger partial charge in [0, 0.05) is 36.1 Å². The van der Waals surface area contributed by atoms with Crippen LogP contribution in [0.1, 0.15) is 44.7 Å². The summed E-state index contributed by atoms with van der Waals surface area (Å²) < 4.78 is 0. The Morgan fingerprint density at radius 3 is 2.54 bits per heavy atom. The standard InChI is InChI=1S/C21H24N2O2S/c1-2-18-10-11-19(26-18)21(25)23-13-15-8-9-17(23)14-22(12-15)20(24)16-6-4-3-5-7-16/h3-7,10-11,15,17H,2,8-9,12-14H2,1H3/t15-,17+/m0/s1. The molecule has 4 nitrogen and oxygen atoms in total. The second kappa shape index (κ2) is 7.23. The molecule has 2 aromatic rings. The third-order valence-electron chi connectivity index (χ3n) is 5.50. The summed E-state index contributed by atoms with van der Waals surface area (Å²) in [6.45, 7) is 4.27. The van der Waals surface area contributed by atoms with Crippen molar-refractivity contribution in [3.8, 4) is 0 Å². The van der Waals surface area contributed by atoms with Crippen LogP contribution in [0, 0.1) is 5.92 Å². The zero-order valence-electron chi connectivity index (χ0n) is 15.1. The first kappa shape index (κ1) is 17.3. The Bertz CT molecular complexity index is 801. The van der Waals surface area contributed by atoms with E-state index in [9.17, 15) is 9.59 Å². The molecule has 0 N–H and O–H groups in total. The van der Waals surface area contributed by atoms with Gasteiger partial charge in [-0.25, -0.2) is 0 Å². The predicted molar refractivity (Wildman–Crippen MR) is 104 cm³/mol. The van der Waals surface area contributed by atoms with Crippen LogP contribution in [0.25, 0.3) is 0 Å². The van der Waals surface area contributed by atoms with Gasteiger partial charge >= 0.3 is 0 Å². The Balaban J connectivity index is 1.53. The Morgan fingerprint density at radius 1 is 1.00 bits per heavy atom. The van der Waals surface area contributed by atoms with E-state index in [1.54, 1.807) is 11.3 Å². The average Bonchev–Trinajstić information content (AvgIpc) is 2.98. The maximum absolute atomic E-state index is 13.1. The Hall–Kier alpha value is -2.14. The molecule has 1 aromatic carbocycles. The molecule has 3 fully saturated rings. The summed E-state index contributed by atoms with van der Waals surface area (Å²) >= 11 is 1.60. The Kier molecular flexibility index (Phi) is 4.81. The maximum Gasteiger partial charge on any atom is 0.264 e. The van der Waals surface area contributed by atoms with E-state index in [1.807, 2.05) is 46.2 Å². The number of hydrogen-bond acceptors (Lipinski definition) is 3. The molecule has 5 rings (SSSR count). The number of amides is 2. The van der Waals surface area contributed by atoms with Gasteiger partial charge in [0.2, 0.25) is 0 Å². The lowest BCUT2D eigenvalue weighted by Gasteiger charge is -2.35. The van der Waals surface area contributed by atoms with Crippen LogP contribution < -0.4 is 0 Å². The first-order valence-electron chi connectivity index (χ1n) is 9.39. The van der Waals surface area contributed by atoms with Crippen molar-refractivity contribution in [3.63, 3.8) is 0 Å². The molecule has 3 saturated heterocycles. The van der Waals surface area contributed by atoms with Crippen molar-refractivity contribution in [1.29, 1.82) is 0 Å². The molecule has 3 aliphatic heterocycles. The molecule has 0 spiro atoms. The monoisotopic (exact) mass is 368 g/mol. The average molecular weight is 369 g/mol. The van der Waals surface area contributed by atoms with Crippen LogP contribution in [0.15, 0.2) is 42.5 Å². The number of thiophene rings is 1. The minimum absolute atomic E-state index is 0.0844. The lowest BCUT2D eigenvalue weighted by Crippen LogP contribution is -2.47. The topological polar surface area (TPSA) is 40.6 Å². The number of benzene rings is 1. The molecule has 2 bridgehead atoms. The van der Waals surface area contributed by atoms with Gasteiger partial charge in [-0.1, -0.05) is 25.1 Å². The minimum atomic E-state index is 0.0844. The fourth-order valence-electron chi connectivity index (χ4n) is 4.08. The van der Waals surface area contributed by atoms with Crippen LogP contribution >= 0.6 is 11.3 Å². The number of piperidine rings is 1. The molecule has 136 valence electrons. The van der Waals surface area contributed by atoms with Crippen molar-refractivity contribution < 1.29 is 9.59 Å². The highest BCUT2D eigenvalue weighted by atomic mass is 32.1. The molecule has 4 heterocycles. The van der Waals surface area contributed by atoms with Gasteiger partial charge in [0.25, 0.3) is 11.8 Å². The Labute approximate surface area is 158 Å².